The minimum absolute atomic E-state index is 0.633. The van der Waals surface area contributed by atoms with Crippen molar-refractivity contribution in [3.05, 3.63) is 35.9 Å². The molecule has 1 unspecified atom stereocenters. The first-order valence-corrected chi connectivity index (χ1v) is 12.0. The van der Waals surface area contributed by atoms with Crippen LogP contribution in [-0.4, -0.2) is 18.0 Å². The van der Waals surface area contributed by atoms with Gasteiger partial charge in [-0.25, -0.2) is 0 Å². The Morgan fingerprint density at radius 3 is 2.29 bits per heavy atom. The van der Waals surface area contributed by atoms with Gasteiger partial charge in [-0.1, -0.05) is 79.7 Å². The Labute approximate surface area is 180 Å². The molecule has 28 heavy (non-hydrogen) atoms. The number of ether oxygens (including phenoxy) is 2. The van der Waals surface area contributed by atoms with Crippen molar-refractivity contribution in [2.45, 2.75) is 83.4 Å². The molecular formula is C25H37BrO2. The normalized spacial score (nSPS) is 12.3. The Morgan fingerprint density at radius 2 is 1.54 bits per heavy atom. The fourth-order valence-electron chi connectivity index (χ4n) is 3.49. The number of aryl methyl sites for hydroxylation is 1. The monoisotopic (exact) mass is 448 g/mol. The molecule has 156 valence electrons. The molecule has 2 nitrogen and oxygen atoms in total. The summed E-state index contributed by atoms with van der Waals surface area (Å²) in [6.45, 7) is 8.16. The lowest BCUT2D eigenvalue weighted by Gasteiger charge is -2.16. The van der Waals surface area contributed by atoms with E-state index in [0.29, 0.717) is 4.83 Å². The van der Waals surface area contributed by atoms with Crippen LogP contribution in [0.5, 0.6) is 11.5 Å². The standard InChI is InChI=1S/C25H37BrO2/c1-4-6-7-8-12-18-28-25-20(3)19-24(22-15-9-10-16-23(22)25)27-17-13-11-14-21(26)5-2/h9-10,15-16,19,21H,4-8,11-14,17-18H2,1-3H3. The molecule has 1 atom stereocenters. The Bertz CT molecular complexity index is 698. The molecule has 0 spiro atoms. The number of fused-ring (bicyclic) bond motifs is 1. The number of halogens is 1. The highest BCUT2D eigenvalue weighted by atomic mass is 79.9. The van der Waals surface area contributed by atoms with Crippen LogP contribution in [0.1, 0.15) is 77.2 Å². The summed E-state index contributed by atoms with van der Waals surface area (Å²) in [7, 11) is 0. The molecule has 2 aromatic carbocycles. The van der Waals surface area contributed by atoms with Crippen LogP contribution in [0.2, 0.25) is 0 Å². The Kier molecular flexibility index (Phi) is 10.8. The van der Waals surface area contributed by atoms with Gasteiger partial charge in [-0.2, -0.15) is 0 Å². The van der Waals surface area contributed by atoms with Crippen LogP contribution < -0.4 is 9.47 Å². The van der Waals surface area contributed by atoms with Crippen molar-refractivity contribution in [1.29, 1.82) is 0 Å². The van der Waals surface area contributed by atoms with E-state index in [9.17, 15) is 0 Å². The van der Waals surface area contributed by atoms with Gasteiger partial charge < -0.3 is 9.47 Å². The largest absolute Gasteiger partial charge is 0.493 e. The predicted molar refractivity (Wildman–Crippen MR) is 125 cm³/mol. The van der Waals surface area contributed by atoms with Crippen molar-refractivity contribution in [2.75, 3.05) is 13.2 Å². The summed E-state index contributed by atoms with van der Waals surface area (Å²) in [5, 5.41) is 2.32. The quantitative estimate of drug-likeness (QED) is 0.214. The molecule has 0 saturated heterocycles. The van der Waals surface area contributed by atoms with Crippen LogP contribution in [-0.2, 0) is 0 Å². The first-order valence-electron chi connectivity index (χ1n) is 11.1. The maximum Gasteiger partial charge on any atom is 0.130 e. The van der Waals surface area contributed by atoms with E-state index in [1.165, 1.54) is 44.9 Å². The summed E-state index contributed by atoms with van der Waals surface area (Å²) in [6.07, 6.45) is 11.0. The van der Waals surface area contributed by atoms with Crippen LogP contribution in [0.25, 0.3) is 10.8 Å². The molecule has 0 amide bonds. The number of hydrogen-bond donors (Lipinski definition) is 0. The molecule has 2 rings (SSSR count). The van der Waals surface area contributed by atoms with E-state index in [2.05, 4.69) is 67.0 Å². The van der Waals surface area contributed by atoms with E-state index in [1.807, 2.05) is 0 Å². The van der Waals surface area contributed by atoms with E-state index in [-0.39, 0.29) is 0 Å². The van der Waals surface area contributed by atoms with Crippen molar-refractivity contribution in [3.63, 3.8) is 0 Å². The maximum atomic E-state index is 6.21. The summed E-state index contributed by atoms with van der Waals surface area (Å²) in [5.41, 5.74) is 1.16. The number of hydrogen-bond acceptors (Lipinski definition) is 2. The van der Waals surface area contributed by atoms with Gasteiger partial charge in [0.05, 0.1) is 13.2 Å². The van der Waals surface area contributed by atoms with E-state index in [4.69, 9.17) is 9.47 Å². The highest BCUT2D eigenvalue weighted by molar-refractivity contribution is 9.09. The number of alkyl halides is 1. The molecule has 3 heteroatoms. The lowest BCUT2D eigenvalue weighted by molar-refractivity contribution is 0.300. The molecule has 0 fully saturated rings. The smallest absolute Gasteiger partial charge is 0.130 e. The van der Waals surface area contributed by atoms with E-state index < -0.39 is 0 Å². The third-order valence-corrected chi connectivity index (χ3v) is 6.35. The Hall–Kier alpha value is -1.22. The van der Waals surface area contributed by atoms with E-state index in [0.717, 1.165) is 53.9 Å². The van der Waals surface area contributed by atoms with Gasteiger partial charge >= 0.3 is 0 Å². The summed E-state index contributed by atoms with van der Waals surface area (Å²) in [4.78, 5) is 0.633. The van der Waals surface area contributed by atoms with E-state index >= 15 is 0 Å². The second kappa shape index (κ2) is 13.1. The highest BCUT2D eigenvalue weighted by Gasteiger charge is 2.12. The highest BCUT2D eigenvalue weighted by Crippen LogP contribution is 2.36. The van der Waals surface area contributed by atoms with Crippen molar-refractivity contribution in [1.82, 2.24) is 0 Å². The summed E-state index contributed by atoms with van der Waals surface area (Å²) < 4.78 is 12.4. The van der Waals surface area contributed by atoms with Crippen LogP contribution in [0.15, 0.2) is 30.3 Å². The molecule has 0 saturated carbocycles. The predicted octanol–water partition coefficient (Wildman–Crippen LogP) is 8.22. The lowest BCUT2D eigenvalue weighted by atomic mass is 10.0. The zero-order valence-corrected chi connectivity index (χ0v) is 19.5. The average Bonchev–Trinajstić information content (AvgIpc) is 2.71. The van der Waals surface area contributed by atoms with E-state index in [1.54, 1.807) is 0 Å². The molecule has 0 aliphatic rings. The van der Waals surface area contributed by atoms with Gasteiger partial charge in [-0.3, -0.25) is 0 Å². The number of unbranched alkanes of at least 4 members (excludes halogenated alkanes) is 5. The fourth-order valence-corrected chi connectivity index (χ4v) is 3.82. The Morgan fingerprint density at radius 1 is 0.857 bits per heavy atom. The molecule has 0 heterocycles. The molecule has 0 aliphatic carbocycles. The van der Waals surface area contributed by atoms with Gasteiger partial charge in [0.25, 0.3) is 0 Å². The molecular weight excluding hydrogens is 412 g/mol. The second-order valence-corrected chi connectivity index (χ2v) is 8.97. The lowest BCUT2D eigenvalue weighted by Crippen LogP contribution is -2.03. The SMILES string of the molecule is CCCCCCCOc1c(C)cc(OCCCCC(Br)CC)c2ccccc12. The molecule has 0 radical (unpaired) electrons. The first kappa shape index (κ1) is 23.1. The topological polar surface area (TPSA) is 18.5 Å². The summed E-state index contributed by atoms with van der Waals surface area (Å²) in [5.74, 6) is 2.00. The van der Waals surface area contributed by atoms with Gasteiger partial charge in [-0.05, 0) is 50.7 Å². The molecule has 2 aromatic rings. The van der Waals surface area contributed by atoms with Crippen LogP contribution >= 0.6 is 15.9 Å². The number of benzene rings is 2. The minimum Gasteiger partial charge on any atom is -0.493 e. The number of rotatable bonds is 14. The zero-order valence-electron chi connectivity index (χ0n) is 17.9. The third kappa shape index (κ3) is 7.31. The molecule has 0 N–H and O–H groups in total. The minimum atomic E-state index is 0.633. The fraction of sp³-hybridized carbons (Fsp3) is 0.600. The van der Waals surface area contributed by atoms with Crippen LogP contribution in [0.4, 0.5) is 0 Å². The third-order valence-electron chi connectivity index (χ3n) is 5.25. The summed E-state index contributed by atoms with van der Waals surface area (Å²) >= 11 is 3.71. The second-order valence-electron chi connectivity index (χ2n) is 7.68. The van der Waals surface area contributed by atoms with Gasteiger partial charge in [0.1, 0.15) is 11.5 Å². The molecule has 0 bridgehead atoms. The van der Waals surface area contributed by atoms with Crippen LogP contribution in [0, 0.1) is 6.92 Å². The van der Waals surface area contributed by atoms with Gasteiger partial charge in [0.15, 0.2) is 0 Å². The summed E-state index contributed by atoms with van der Waals surface area (Å²) in [6, 6.07) is 10.6. The van der Waals surface area contributed by atoms with Crippen molar-refractivity contribution >= 4 is 26.7 Å². The van der Waals surface area contributed by atoms with Crippen molar-refractivity contribution in [2.24, 2.45) is 0 Å². The van der Waals surface area contributed by atoms with Gasteiger partial charge in [0.2, 0.25) is 0 Å². The van der Waals surface area contributed by atoms with Crippen LogP contribution in [0.3, 0.4) is 0 Å². The zero-order chi connectivity index (χ0) is 20.2. The Balaban J connectivity index is 1.97. The molecule has 0 aliphatic heterocycles. The van der Waals surface area contributed by atoms with Gasteiger partial charge in [-0.15, -0.1) is 0 Å². The first-order chi connectivity index (χ1) is 13.7. The van der Waals surface area contributed by atoms with Crippen molar-refractivity contribution in [3.8, 4) is 11.5 Å². The molecule has 0 aromatic heterocycles. The average molecular weight is 449 g/mol. The maximum absolute atomic E-state index is 6.21. The van der Waals surface area contributed by atoms with Gasteiger partial charge in [0, 0.05) is 15.6 Å². The van der Waals surface area contributed by atoms with Crippen molar-refractivity contribution < 1.29 is 9.47 Å².